The minimum absolute atomic E-state index is 0.629. The van der Waals surface area contributed by atoms with Crippen LogP contribution in [0.25, 0.3) is 110 Å². The van der Waals surface area contributed by atoms with Crippen LogP contribution in [0, 0.1) is 0 Å². The van der Waals surface area contributed by atoms with Gasteiger partial charge in [0.2, 0.25) is 5.95 Å². The van der Waals surface area contributed by atoms with Gasteiger partial charge in [0, 0.05) is 43.6 Å². The second-order valence-corrected chi connectivity index (χ2v) is 13.7. The van der Waals surface area contributed by atoms with E-state index in [1.54, 1.807) is 0 Å². The fraction of sp³-hybridized carbons (Fsp3) is 0. The van der Waals surface area contributed by atoms with Crippen molar-refractivity contribution in [2.75, 3.05) is 0 Å². The first-order valence-electron chi connectivity index (χ1n) is 17.9. The Kier molecular flexibility index (Phi) is 5.71. The van der Waals surface area contributed by atoms with Crippen LogP contribution in [0.3, 0.4) is 0 Å². The summed E-state index contributed by atoms with van der Waals surface area (Å²) in [5.41, 5.74) is 9.97. The van der Waals surface area contributed by atoms with Crippen molar-refractivity contribution in [1.82, 2.24) is 19.1 Å². The van der Waals surface area contributed by atoms with Gasteiger partial charge in [-0.2, -0.15) is 0 Å². The predicted octanol–water partition coefficient (Wildman–Crippen LogP) is 12.5. The van der Waals surface area contributed by atoms with Crippen LogP contribution >= 0.6 is 0 Å². The van der Waals surface area contributed by atoms with E-state index in [0.717, 1.165) is 104 Å². The SMILES string of the molecule is c1ccc(-c2nc(-n3c4ccccc4c4ccc5c6c7oc8ccccc8c7ccc6n(-c6ccccc6)c5c43)nc3ccc4ccccc4c23)cc1. The first kappa shape index (κ1) is 28.5. The number of fused-ring (bicyclic) bond motifs is 14. The van der Waals surface area contributed by atoms with Crippen LogP contribution in [0.1, 0.15) is 0 Å². The number of aromatic nitrogens is 4. The van der Waals surface area contributed by atoms with Gasteiger partial charge in [-0.05, 0) is 53.2 Å². The molecular weight excluding hydrogens is 649 g/mol. The van der Waals surface area contributed by atoms with E-state index in [0.29, 0.717) is 5.95 Å². The van der Waals surface area contributed by atoms with Crippen LogP contribution < -0.4 is 0 Å². The maximum absolute atomic E-state index is 6.71. The van der Waals surface area contributed by atoms with E-state index in [4.69, 9.17) is 14.4 Å². The zero-order chi connectivity index (χ0) is 34.6. The second kappa shape index (κ2) is 10.6. The average Bonchev–Trinajstić information content (AvgIpc) is 3.89. The van der Waals surface area contributed by atoms with Crippen LogP contribution in [-0.4, -0.2) is 19.1 Å². The summed E-state index contributed by atoms with van der Waals surface area (Å²) in [6, 6.07) is 59.8. The molecule has 5 heteroatoms. The molecule has 0 atom stereocenters. The molecule has 0 fully saturated rings. The molecule has 0 unspecified atom stereocenters. The third-order valence-corrected chi connectivity index (χ3v) is 10.9. The van der Waals surface area contributed by atoms with Gasteiger partial charge in [0.1, 0.15) is 11.2 Å². The lowest BCUT2D eigenvalue weighted by Crippen LogP contribution is -2.05. The van der Waals surface area contributed by atoms with Gasteiger partial charge in [0.25, 0.3) is 0 Å². The highest BCUT2D eigenvalue weighted by Crippen LogP contribution is 2.45. The first-order valence-corrected chi connectivity index (χ1v) is 17.9. The van der Waals surface area contributed by atoms with E-state index in [-0.39, 0.29) is 0 Å². The molecule has 0 aliphatic rings. The topological polar surface area (TPSA) is 48.8 Å². The Morgan fingerprint density at radius 2 is 1.09 bits per heavy atom. The summed E-state index contributed by atoms with van der Waals surface area (Å²) in [5, 5.41) is 10.1. The third kappa shape index (κ3) is 3.91. The fourth-order valence-corrected chi connectivity index (χ4v) is 8.66. The van der Waals surface area contributed by atoms with Gasteiger partial charge in [-0.3, -0.25) is 4.57 Å². The summed E-state index contributed by atoms with van der Waals surface area (Å²) in [6.45, 7) is 0. The smallest absolute Gasteiger partial charge is 0.235 e. The molecule has 246 valence electrons. The van der Waals surface area contributed by atoms with Gasteiger partial charge in [-0.15, -0.1) is 0 Å². The number of nitrogens with zero attached hydrogens (tertiary/aromatic N) is 4. The monoisotopic (exact) mass is 676 g/mol. The van der Waals surface area contributed by atoms with Crippen molar-refractivity contribution in [1.29, 1.82) is 0 Å². The van der Waals surface area contributed by atoms with Crippen LogP contribution in [0.4, 0.5) is 0 Å². The van der Waals surface area contributed by atoms with Crippen molar-refractivity contribution in [3.05, 3.63) is 170 Å². The van der Waals surface area contributed by atoms with Gasteiger partial charge in [-0.25, -0.2) is 9.97 Å². The Labute approximate surface area is 302 Å². The van der Waals surface area contributed by atoms with Crippen molar-refractivity contribution in [3.63, 3.8) is 0 Å². The van der Waals surface area contributed by atoms with Gasteiger partial charge in [0.05, 0.1) is 38.7 Å². The zero-order valence-electron chi connectivity index (χ0n) is 28.4. The Morgan fingerprint density at radius 3 is 1.96 bits per heavy atom. The molecule has 53 heavy (non-hydrogen) atoms. The molecule has 8 aromatic carbocycles. The standard InChI is InChI=1S/C48H28N4O/c1-3-14-30(15-4-1)44-42-32-18-8-7-13-29(32)23-27-38(42)49-48(50-44)52-39-21-11-9-19-33(39)35-24-25-37-43-40(51(46(37)45(35)52)31-16-5-2-6-17-31)28-26-36-34-20-10-12-22-41(34)53-47(36)43/h1-28H. The molecule has 5 nitrogen and oxygen atoms in total. The molecule has 0 amide bonds. The summed E-state index contributed by atoms with van der Waals surface area (Å²) in [5.74, 6) is 0.629. The molecule has 12 rings (SSSR count). The quantitative estimate of drug-likeness (QED) is 0.175. The van der Waals surface area contributed by atoms with Crippen molar-refractivity contribution >= 4 is 87.2 Å². The predicted molar refractivity (Wildman–Crippen MR) is 218 cm³/mol. The Hall–Kier alpha value is -7.24. The minimum atomic E-state index is 0.629. The second-order valence-electron chi connectivity index (χ2n) is 13.7. The molecule has 0 N–H and O–H groups in total. The van der Waals surface area contributed by atoms with Crippen LogP contribution in [0.5, 0.6) is 0 Å². The van der Waals surface area contributed by atoms with Crippen LogP contribution in [0.2, 0.25) is 0 Å². The van der Waals surface area contributed by atoms with Crippen molar-refractivity contribution < 1.29 is 4.42 Å². The third-order valence-electron chi connectivity index (χ3n) is 10.9. The molecule has 0 saturated heterocycles. The van der Waals surface area contributed by atoms with E-state index in [1.807, 2.05) is 6.07 Å². The largest absolute Gasteiger partial charge is 0.455 e. The molecule has 0 aliphatic carbocycles. The molecule has 0 radical (unpaired) electrons. The number of para-hydroxylation sites is 3. The van der Waals surface area contributed by atoms with Gasteiger partial charge in [-0.1, -0.05) is 127 Å². The lowest BCUT2D eigenvalue weighted by Gasteiger charge is -2.15. The molecule has 0 aliphatic heterocycles. The first-order chi connectivity index (χ1) is 26.3. The highest BCUT2D eigenvalue weighted by Gasteiger charge is 2.25. The van der Waals surface area contributed by atoms with Crippen molar-refractivity contribution in [2.45, 2.75) is 0 Å². The summed E-state index contributed by atoms with van der Waals surface area (Å²) in [6.07, 6.45) is 0. The molecule has 0 saturated carbocycles. The molecule has 4 heterocycles. The number of furan rings is 1. The number of hydrogen-bond acceptors (Lipinski definition) is 3. The number of benzene rings is 8. The van der Waals surface area contributed by atoms with Gasteiger partial charge >= 0.3 is 0 Å². The van der Waals surface area contributed by atoms with E-state index in [2.05, 4.69) is 173 Å². The Morgan fingerprint density at radius 1 is 0.415 bits per heavy atom. The van der Waals surface area contributed by atoms with E-state index < -0.39 is 0 Å². The Balaban J connectivity index is 1.30. The molecular formula is C48H28N4O. The summed E-state index contributed by atoms with van der Waals surface area (Å²) in [4.78, 5) is 11.0. The minimum Gasteiger partial charge on any atom is -0.455 e. The normalized spacial score (nSPS) is 12.2. The summed E-state index contributed by atoms with van der Waals surface area (Å²) < 4.78 is 11.4. The maximum Gasteiger partial charge on any atom is 0.235 e. The lowest BCUT2D eigenvalue weighted by atomic mass is 10.0. The maximum atomic E-state index is 6.71. The summed E-state index contributed by atoms with van der Waals surface area (Å²) >= 11 is 0. The molecule has 4 aromatic heterocycles. The van der Waals surface area contributed by atoms with Crippen molar-refractivity contribution in [2.24, 2.45) is 0 Å². The molecule has 0 bridgehead atoms. The van der Waals surface area contributed by atoms with Gasteiger partial charge < -0.3 is 8.98 Å². The van der Waals surface area contributed by atoms with E-state index in [1.165, 1.54) is 0 Å². The lowest BCUT2D eigenvalue weighted by molar-refractivity contribution is 0.673. The number of rotatable bonds is 3. The zero-order valence-corrected chi connectivity index (χ0v) is 28.4. The average molecular weight is 677 g/mol. The summed E-state index contributed by atoms with van der Waals surface area (Å²) in [7, 11) is 0. The van der Waals surface area contributed by atoms with Crippen LogP contribution in [-0.2, 0) is 0 Å². The molecule has 12 aromatic rings. The van der Waals surface area contributed by atoms with Gasteiger partial charge in [0.15, 0.2) is 0 Å². The highest BCUT2D eigenvalue weighted by molar-refractivity contribution is 6.29. The van der Waals surface area contributed by atoms with Crippen LogP contribution in [0.15, 0.2) is 174 Å². The highest BCUT2D eigenvalue weighted by atomic mass is 16.3. The van der Waals surface area contributed by atoms with Crippen molar-refractivity contribution in [3.8, 4) is 22.9 Å². The Bertz CT molecular complexity index is 3450. The number of hydrogen-bond donors (Lipinski definition) is 0. The van der Waals surface area contributed by atoms with E-state index in [9.17, 15) is 0 Å². The molecule has 0 spiro atoms. The fourth-order valence-electron chi connectivity index (χ4n) is 8.66. The van der Waals surface area contributed by atoms with E-state index >= 15 is 0 Å².